The predicted molar refractivity (Wildman–Crippen MR) is 97.6 cm³/mol. The third kappa shape index (κ3) is 4.19. The molecule has 0 aromatic heterocycles. The zero-order valence-corrected chi connectivity index (χ0v) is 15.1. The van der Waals surface area contributed by atoms with Gasteiger partial charge in [-0.2, -0.15) is 0 Å². The fraction of sp³-hybridized carbons (Fsp3) is 0.556. The Hall–Kier alpha value is -2.24. The summed E-state index contributed by atoms with van der Waals surface area (Å²) >= 11 is 0. The summed E-state index contributed by atoms with van der Waals surface area (Å²) in [6.07, 6.45) is 1.75. The van der Waals surface area contributed by atoms with Gasteiger partial charge in [-0.25, -0.2) is 4.79 Å². The number of benzene rings is 1. The second-order valence-electron chi connectivity index (χ2n) is 6.43. The smallest absolute Gasteiger partial charge is 0.322 e. The lowest BCUT2D eigenvalue weighted by Crippen LogP contribution is -2.41. The van der Waals surface area contributed by atoms with Crippen molar-refractivity contribution in [3.63, 3.8) is 0 Å². The zero-order valence-electron chi connectivity index (χ0n) is 15.1. The first-order valence-corrected chi connectivity index (χ1v) is 8.54. The van der Waals surface area contributed by atoms with Crippen molar-refractivity contribution in [2.24, 2.45) is 0 Å². The molecule has 2 rings (SSSR count). The summed E-state index contributed by atoms with van der Waals surface area (Å²) in [5.74, 6) is 0.0308. The lowest BCUT2D eigenvalue weighted by atomic mass is 10.1. The van der Waals surface area contributed by atoms with E-state index in [1.54, 1.807) is 4.90 Å². The summed E-state index contributed by atoms with van der Waals surface area (Å²) < 4.78 is 0. The molecule has 0 atom stereocenters. The molecule has 1 heterocycles. The number of nitrogens with zero attached hydrogens (tertiary/aromatic N) is 3. The van der Waals surface area contributed by atoms with Crippen LogP contribution in [0.3, 0.4) is 0 Å². The molecule has 0 bridgehead atoms. The molecule has 0 radical (unpaired) electrons. The minimum absolute atomic E-state index is 0.0308. The van der Waals surface area contributed by atoms with Gasteiger partial charge in [0.2, 0.25) is 5.91 Å². The highest BCUT2D eigenvalue weighted by Gasteiger charge is 2.24. The fourth-order valence-electron chi connectivity index (χ4n) is 3.04. The van der Waals surface area contributed by atoms with E-state index in [9.17, 15) is 9.59 Å². The van der Waals surface area contributed by atoms with E-state index in [2.05, 4.69) is 12.2 Å². The highest BCUT2D eigenvalue weighted by Crippen LogP contribution is 2.25. The van der Waals surface area contributed by atoms with E-state index < -0.39 is 0 Å². The normalized spacial score (nSPS) is 15.2. The highest BCUT2D eigenvalue weighted by molar-refractivity contribution is 5.94. The topological polar surface area (TPSA) is 55.9 Å². The van der Waals surface area contributed by atoms with Gasteiger partial charge in [0.05, 0.1) is 0 Å². The van der Waals surface area contributed by atoms with Crippen molar-refractivity contribution in [3.05, 3.63) is 23.8 Å². The number of hydrogen-bond acceptors (Lipinski definition) is 3. The van der Waals surface area contributed by atoms with Crippen LogP contribution in [-0.2, 0) is 4.79 Å². The molecule has 6 nitrogen and oxygen atoms in total. The number of carbonyl (C=O) groups is 2. The molecule has 1 aliphatic heterocycles. The van der Waals surface area contributed by atoms with Crippen molar-refractivity contribution >= 4 is 23.3 Å². The zero-order chi connectivity index (χ0) is 17.7. The number of amides is 3. The molecule has 0 spiro atoms. The number of urea groups is 1. The maximum atomic E-state index is 12.6. The van der Waals surface area contributed by atoms with Crippen molar-refractivity contribution < 1.29 is 9.59 Å². The number of nitrogens with one attached hydrogen (secondary N) is 1. The van der Waals surface area contributed by atoms with E-state index in [-0.39, 0.29) is 18.5 Å². The van der Waals surface area contributed by atoms with Gasteiger partial charge in [-0.05, 0) is 37.5 Å². The third-order valence-electron chi connectivity index (χ3n) is 4.34. The molecule has 24 heavy (non-hydrogen) atoms. The quantitative estimate of drug-likeness (QED) is 0.922. The summed E-state index contributed by atoms with van der Waals surface area (Å²) in [5.41, 5.74) is 2.87. The van der Waals surface area contributed by atoms with Gasteiger partial charge < -0.3 is 20.0 Å². The standard InChI is InChI=1S/C18H28N4O2/c1-5-10-21-11-7-12-22(13-17(21)23)18(24)19-15-8-6-9-16(14(15)2)20(3)4/h6,8-9H,5,7,10-13H2,1-4H3,(H,19,24). The molecule has 3 amide bonds. The Balaban J connectivity index is 2.07. The van der Waals surface area contributed by atoms with E-state index in [0.717, 1.165) is 42.9 Å². The molecule has 6 heteroatoms. The van der Waals surface area contributed by atoms with Crippen molar-refractivity contribution in [1.29, 1.82) is 0 Å². The van der Waals surface area contributed by atoms with Crippen LogP contribution in [0.5, 0.6) is 0 Å². The lowest BCUT2D eigenvalue weighted by molar-refractivity contribution is -0.130. The Morgan fingerprint density at radius 1 is 1.29 bits per heavy atom. The fourth-order valence-corrected chi connectivity index (χ4v) is 3.04. The molecule has 1 aromatic carbocycles. The molecule has 0 aliphatic carbocycles. The first-order chi connectivity index (χ1) is 11.4. The van der Waals surface area contributed by atoms with Gasteiger partial charge in [0, 0.05) is 45.1 Å². The summed E-state index contributed by atoms with van der Waals surface area (Å²) in [6, 6.07) is 5.63. The largest absolute Gasteiger partial charge is 0.377 e. The third-order valence-corrected chi connectivity index (χ3v) is 4.34. The molecule has 1 aromatic rings. The van der Waals surface area contributed by atoms with Crippen LogP contribution in [0.15, 0.2) is 18.2 Å². The first-order valence-electron chi connectivity index (χ1n) is 8.54. The van der Waals surface area contributed by atoms with Crippen LogP contribution in [0.1, 0.15) is 25.3 Å². The van der Waals surface area contributed by atoms with E-state index in [1.165, 1.54) is 0 Å². The van der Waals surface area contributed by atoms with Gasteiger partial charge in [0.1, 0.15) is 6.54 Å². The Morgan fingerprint density at radius 2 is 2.04 bits per heavy atom. The van der Waals surface area contributed by atoms with E-state index >= 15 is 0 Å². The van der Waals surface area contributed by atoms with E-state index in [1.807, 2.05) is 49.0 Å². The van der Waals surface area contributed by atoms with Crippen LogP contribution in [0.2, 0.25) is 0 Å². The Labute approximate surface area is 144 Å². The number of rotatable bonds is 4. The molecule has 0 unspecified atom stereocenters. The minimum Gasteiger partial charge on any atom is -0.377 e. The van der Waals surface area contributed by atoms with Crippen LogP contribution >= 0.6 is 0 Å². The molecule has 1 aliphatic rings. The maximum Gasteiger partial charge on any atom is 0.322 e. The van der Waals surface area contributed by atoms with Gasteiger partial charge >= 0.3 is 6.03 Å². The molecule has 1 saturated heterocycles. The average Bonchev–Trinajstić information content (AvgIpc) is 2.72. The molecule has 132 valence electrons. The second-order valence-corrected chi connectivity index (χ2v) is 6.43. The molecule has 1 N–H and O–H groups in total. The average molecular weight is 332 g/mol. The molecule has 1 fully saturated rings. The van der Waals surface area contributed by atoms with Crippen LogP contribution < -0.4 is 10.2 Å². The predicted octanol–water partition coefficient (Wildman–Crippen LogP) is 2.54. The maximum absolute atomic E-state index is 12.6. The van der Waals surface area contributed by atoms with E-state index in [4.69, 9.17) is 0 Å². The van der Waals surface area contributed by atoms with Crippen LogP contribution in [0.25, 0.3) is 0 Å². The van der Waals surface area contributed by atoms with Gasteiger partial charge in [-0.3, -0.25) is 4.79 Å². The summed E-state index contributed by atoms with van der Waals surface area (Å²) in [5, 5.41) is 2.96. The van der Waals surface area contributed by atoms with Crippen molar-refractivity contribution in [1.82, 2.24) is 9.80 Å². The van der Waals surface area contributed by atoms with Gasteiger partial charge in [0.25, 0.3) is 0 Å². The molecular formula is C18H28N4O2. The SMILES string of the molecule is CCCN1CCCN(C(=O)Nc2cccc(N(C)C)c2C)CC1=O. The van der Waals surface area contributed by atoms with Crippen molar-refractivity contribution in [2.75, 3.05) is 50.5 Å². The van der Waals surface area contributed by atoms with Gasteiger partial charge in [0.15, 0.2) is 0 Å². The monoisotopic (exact) mass is 332 g/mol. The highest BCUT2D eigenvalue weighted by atomic mass is 16.2. The Kier molecular flexibility index (Phi) is 6.06. The first kappa shape index (κ1) is 18.1. The number of anilines is 2. The Bertz CT molecular complexity index is 601. The summed E-state index contributed by atoms with van der Waals surface area (Å²) in [6.45, 7) is 6.29. The van der Waals surface area contributed by atoms with Crippen LogP contribution in [-0.4, -0.2) is 62.0 Å². The molecule has 0 saturated carbocycles. The van der Waals surface area contributed by atoms with E-state index in [0.29, 0.717) is 6.54 Å². The van der Waals surface area contributed by atoms with Gasteiger partial charge in [-0.15, -0.1) is 0 Å². The number of carbonyl (C=O) groups excluding carboxylic acids is 2. The Morgan fingerprint density at radius 3 is 2.71 bits per heavy atom. The van der Waals surface area contributed by atoms with Crippen LogP contribution in [0, 0.1) is 6.92 Å². The molecular weight excluding hydrogens is 304 g/mol. The summed E-state index contributed by atoms with van der Waals surface area (Å²) in [4.78, 5) is 30.4. The van der Waals surface area contributed by atoms with Crippen molar-refractivity contribution in [2.45, 2.75) is 26.7 Å². The second kappa shape index (κ2) is 8.04. The van der Waals surface area contributed by atoms with Crippen molar-refractivity contribution in [3.8, 4) is 0 Å². The minimum atomic E-state index is -0.208. The van der Waals surface area contributed by atoms with Gasteiger partial charge in [-0.1, -0.05) is 13.0 Å². The summed E-state index contributed by atoms with van der Waals surface area (Å²) in [7, 11) is 3.95. The lowest BCUT2D eigenvalue weighted by Gasteiger charge is -2.23. The van der Waals surface area contributed by atoms with Crippen LogP contribution in [0.4, 0.5) is 16.2 Å². The number of hydrogen-bond donors (Lipinski definition) is 1.